The molecule has 0 aliphatic heterocycles. The van der Waals surface area contributed by atoms with Crippen molar-refractivity contribution in [2.75, 3.05) is 26.4 Å². The Balaban J connectivity index is 3.53. The third-order valence-electron chi connectivity index (χ3n) is 11.1. The maximum Gasteiger partial charge on any atom is 0.472 e. The lowest BCUT2D eigenvalue weighted by atomic mass is 10.0. The van der Waals surface area contributed by atoms with Crippen molar-refractivity contribution in [2.24, 2.45) is 0 Å². The van der Waals surface area contributed by atoms with Gasteiger partial charge in [0.25, 0.3) is 0 Å². The lowest BCUT2D eigenvalue weighted by Gasteiger charge is -2.15. The van der Waals surface area contributed by atoms with Crippen molar-refractivity contribution < 1.29 is 37.9 Å². The molecule has 0 radical (unpaired) electrons. The summed E-state index contributed by atoms with van der Waals surface area (Å²) in [6, 6.07) is 0. The summed E-state index contributed by atoms with van der Waals surface area (Å²) < 4.78 is 27.0. The largest absolute Gasteiger partial charge is 0.472 e. The lowest BCUT2D eigenvalue weighted by molar-refractivity contribution is -0.147. The smallest absolute Gasteiger partial charge is 0.463 e. The van der Waals surface area contributed by atoms with E-state index in [1.54, 1.807) is 0 Å². The van der Waals surface area contributed by atoms with Crippen LogP contribution in [0.1, 0.15) is 251 Å². The van der Waals surface area contributed by atoms with Crippen LogP contribution in [0.2, 0.25) is 0 Å². The molecule has 2 unspecified atom stereocenters. The van der Waals surface area contributed by atoms with Crippen LogP contribution in [0.4, 0.5) is 0 Å². The molecule has 0 aliphatic carbocycles. The number of hydrogen-bond donors (Lipinski definition) is 3. The molecule has 3 N–H and O–H groups in total. The average Bonchev–Trinajstić information content (AvgIpc) is 3.23. The van der Waals surface area contributed by atoms with E-state index in [9.17, 15) is 24.2 Å². The zero-order valence-corrected chi connectivity index (χ0v) is 40.1. The van der Waals surface area contributed by atoms with Crippen LogP contribution in [-0.2, 0) is 27.9 Å². The zero-order chi connectivity index (χ0) is 43.9. The molecule has 0 spiro atoms. The minimum atomic E-state index is -4.42. The third kappa shape index (κ3) is 47.5. The molecule has 0 rings (SSSR count). The molecule has 1 amide bonds. The molecule has 0 saturated heterocycles. The van der Waals surface area contributed by atoms with E-state index in [1.165, 1.54) is 180 Å². The number of ether oxygens (including phenoxy) is 1. The van der Waals surface area contributed by atoms with Crippen LogP contribution in [0.25, 0.3) is 0 Å². The predicted octanol–water partition coefficient (Wildman–Crippen LogP) is 14.7. The highest BCUT2D eigenvalue weighted by atomic mass is 31.2. The highest BCUT2D eigenvalue weighted by Gasteiger charge is 2.23. The van der Waals surface area contributed by atoms with Gasteiger partial charge in [-0.3, -0.25) is 18.6 Å². The number of rotatable bonds is 48. The molecule has 0 aromatic heterocycles. The van der Waals surface area contributed by atoms with Crippen LogP contribution in [-0.4, -0.2) is 54.3 Å². The standard InChI is InChI=1S/C50H96NO8P/c1-3-5-7-9-11-13-15-17-19-21-23-24-25-27-29-31-33-35-37-39-41-43-50(54)57-46-48(52)47-59-60(55,56)58-45-44-51-49(53)42-40-38-36-34-32-30-28-26-22-20-18-16-14-12-10-8-6-4-2/h11,13,17,19,48,52H,3-10,12,14-16,18,20-47H2,1-2H3,(H,51,53)(H,55,56)/b13-11-,19-17-. The van der Waals surface area contributed by atoms with Gasteiger partial charge in [-0.2, -0.15) is 0 Å². The molecule has 0 fully saturated rings. The highest BCUT2D eigenvalue weighted by Crippen LogP contribution is 2.42. The first-order chi connectivity index (χ1) is 29.3. The number of hydrogen-bond acceptors (Lipinski definition) is 7. The van der Waals surface area contributed by atoms with Gasteiger partial charge in [-0.15, -0.1) is 0 Å². The normalized spacial score (nSPS) is 13.3. The fourth-order valence-corrected chi connectivity index (χ4v) is 8.05. The fraction of sp³-hybridized carbons (Fsp3) is 0.880. The number of carbonyl (C=O) groups is 2. The minimum absolute atomic E-state index is 0.0858. The summed E-state index contributed by atoms with van der Waals surface area (Å²) in [5.41, 5.74) is 0. The Morgan fingerprint density at radius 2 is 0.900 bits per heavy atom. The third-order valence-corrected chi connectivity index (χ3v) is 12.1. The van der Waals surface area contributed by atoms with Crippen LogP contribution in [0.15, 0.2) is 24.3 Å². The van der Waals surface area contributed by atoms with Gasteiger partial charge in [0, 0.05) is 19.4 Å². The van der Waals surface area contributed by atoms with E-state index in [0.29, 0.717) is 6.42 Å². The van der Waals surface area contributed by atoms with Gasteiger partial charge >= 0.3 is 13.8 Å². The fourth-order valence-electron chi connectivity index (χ4n) is 7.30. The molecular weight excluding hydrogens is 774 g/mol. The van der Waals surface area contributed by atoms with Crippen molar-refractivity contribution in [3.8, 4) is 0 Å². The summed E-state index contributed by atoms with van der Waals surface area (Å²) in [7, 11) is -4.42. The van der Waals surface area contributed by atoms with Crippen LogP contribution in [0.5, 0.6) is 0 Å². The van der Waals surface area contributed by atoms with E-state index in [4.69, 9.17) is 13.8 Å². The number of aliphatic hydroxyl groups excluding tert-OH is 1. The van der Waals surface area contributed by atoms with Crippen LogP contribution in [0.3, 0.4) is 0 Å². The number of carbonyl (C=O) groups excluding carboxylic acids is 2. The molecule has 2 atom stereocenters. The van der Waals surface area contributed by atoms with Crippen LogP contribution < -0.4 is 5.32 Å². The van der Waals surface area contributed by atoms with E-state index in [1.807, 2.05) is 0 Å². The van der Waals surface area contributed by atoms with Gasteiger partial charge in [0.1, 0.15) is 12.7 Å². The van der Waals surface area contributed by atoms with Crippen molar-refractivity contribution in [1.82, 2.24) is 5.32 Å². The topological polar surface area (TPSA) is 131 Å². The SMILES string of the molecule is CCCCC/C=C\C/C=C\CCCCCCCCCCCCCC(=O)OCC(O)COP(=O)(O)OCCNC(=O)CCCCCCCCCCCCCCCCCCCC. The molecule has 0 saturated carbocycles. The summed E-state index contributed by atoms with van der Waals surface area (Å²) in [6.45, 7) is 3.58. The van der Waals surface area contributed by atoms with E-state index >= 15 is 0 Å². The Morgan fingerprint density at radius 1 is 0.517 bits per heavy atom. The minimum Gasteiger partial charge on any atom is -0.463 e. The highest BCUT2D eigenvalue weighted by molar-refractivity contribution is 7.47. The summed E-state index contributed by atoms with van der Waals surface area (Å²) >= 11 is 0. The Kier molecular flexibility index (Phi) is 45.8. The van der Waals surface area contributed by atoms with Gasteiger partial charge in [-0.25, -0.2) is 4.57 Å². The maximum absolute atomic E-state index is 12.1. The maximum atomic E-state index is 12.1. The number of allylic oxidation sites excluding steroid dienone is 4. The summed E-state index contributed by atoms with van der Waals surface area (Å²) in [4.78, 5) is 34.0. The number of aliphatic hydroxyl groups is 1. The van der Waals surface area contributed by atoms with Crippen molar-refractivity contribution >= 4 is 19.7 Å². The number of nitrogens with one attached hydrogen (secondary N) is 1. The molecule has 60 heavy (non-hydrogen) atoms. The Labute approximate surface area is 370 Å². The van der Waals surface area contributed by atoms with Gasteiger partial charge in [0.05, 0.1) is 13.2 Å². The van der Waals surface area contributed by atoms with Crippen molar-refractivity contribution in [3.05, 3.63) is 24.3 Å². The second kappa shape index (κ2) is 47.0. The van der Waals surface area contributed by atoms with Crippen LogP contribution in [0, 0.1) is 0 Å². The van der Waals surface area contributed by atoms with Crippen molar-refractivity contribution in [3.63, 3.8) is 0 Å². The molecule has 354 valence electrons. The zero-order valence-electron chi connectivity index (χ0n) is 39.2. The number of phosphoric acid groups is 1. The Bertz CT molecular complexity index is 1040. The summed E-state index contributed by atoms with van der Waals surface area (Å²) in [5.74, 6) is -0.507. The Morgan fingerprint density at radius 3 is 1.37 bits per heavy atom. The first-order valence-corrected chi connectivity index (χ1v) is 26.8. The monoisotopic (exact) mass is 870 g/mol. The van der Waals surface area contributed by atoms with E-state index in [-0.39, 0.29) is 32.1 Å². The average molecular weight is 870 g/mol. The second-order valence-electron chi connectivity index (χ2n) is 17.1. The van der Waals surface area contributed by atoms with Gasteiger partial charge in [0.2, 0.25) is 5.91 Å². The quantitative estimate of drug-likeness (QED) is 0.0238. The van der Waals surface area contributed by atoms with Gasteiger partial charge < -0.3 is 20.1 Å². The molecule has 10 heteroatoms. The van der Waals surface area contributed by atoms with E-state index < -0.39 is 26.5 Å². The molecule has 0 aliphatic rings. The first-order valence-electron chi connectivity index (χ1n) is 25.3. The summed E-state index contributed by atoms with van der Waals surface area (Å²) in [5, 5.41) is 12.7. The van der Waals surface area contributed by atoms with Crippen molar-refractivity contribution in [2.45, 2.75) is 258 Å². The molecule has 0 heterocycles. The molecule has 0 bridgehead atoms. The first kappa shape index (κ1) is 58.5. The van der Waals surface area contributed by atoms with E-state index in [2.05, 4.69) is 43.5 Å². The number of amides is 1. The molecule has 9 nitrogen and oxygen atoms in total. The number of unbranched alkanes of at least 4 members (excludes halogenated alkanes) is 31. The van der Waals surface area contributed by atoms with Gasteiger partial charge in [0.15, 0.2) is 0 Å². The Hall–Kier alpha value is -1.51. The number of esters is 1. The predicted molar refractivity (Wildman–Crippen MR) is 252 cm³/mol. The molecular formula is C50H96NO8P. The van der Waals surface area contributed by atoms with E-state index in [0.717, 1.165) is 44.9 Å². The van der Waals surface area contributed by atoms with Crippen molar-refractivity contribution in [1.29, 1.82) is 0 Å². The van der Waals surface area contributed by atoms with Gasteiger partial charge in [-0.1, -0.05) is 218 Å². The van der Waals surface area contributed by atoms with Gasteiger partial charge in [-0.05, 0) is 44.9 Å². The molecule has 0 aromatic rings. The lowest BCUT2D eigenvalue weighted by Crippen LogP contribution is -2.27. The summed E-state index contributed by atoms with van der Waals surface area (Å²) in [6.07, 6.45) is 52.5. The van der Waals surface area contributed by atoms with Crippen LogP contribution >= 0.6 is 7.82 Å². The number of phosphoric ester groups is 1. The molecule has 0 aromatic carbocycles. The second-order valence-corrected chi connectivity index (χ2v) is 18.6.